The fourth-order valence-corrected chi connectivity index (χ4v) is 2.32. The van der Waals surface area contributed by atoms with Crippen LogP contribution in [0.1, 0.15) is 25.0 Å². The predicted octanol–water partition coefficient (Wildman–Crippen LogP) is 4.43. The Labute approximate surface area is 126 Å². The molecule has 2 rings (SSSR count). The van der Waals surface area contributed by atoms with Crippen LogP contribution in [0.15, 0.2) is 60.7 Å². The Morgan fingerprint density at radius 3 is 2.00 bits per heavy atom. The minimum atomic E-state index is -0.716. The monoisotopic (exact) mass is 280 g/mol. The van der Waals surface area contributed by atoms with E-state index in [4.69, 9.17) is 4.74 Å². The molecule has 0 aliphatic carbocycles. The van der Waals surface area contributed by atoms with Gasteiger partial charge < -0.3 is 4.74 Å². The van der Waals surface area contributed by atoms with E-state index in [1.165, 1.54) is 7.11 Å². The molecule has 0 spiro atoms. The highest BCUT2D eigenvalue weighted by atomic mass is 16.5. The van der Waals surface area contributed by atoms with E-state index < -0.39 is 5.41 Å². The van der Waals surface area contributed by atoms with Gasteiger partial charge in [0.25, 0.3) is 0 Å². The number of carbonyl (C=O) groups excluding carboxylic acids is 1. The van der Waals surface area contributed by atoms with Crippen LogP contribution in [0.5, 0.6) is 0 Å². The number of rotatable bonds is 4. The van der Waals surface area contributed by atoms with Crippen molar-refractivity contribution in [2.45, 2.75) is 13.8 Å². The van der Waals surface area contributed by atoms with E-state index in [1.807, 2.05) is 80.6 Å². The Hall–Kier alpha value is -2.35. The van der Waals surface area contributed by atoms with Gasteiger partial charge in [-0.1, -0.05) is 66.7 Å². The number of carbonyl (C=O) groups is 1. The summed E-state index contributed by atoms with van der Waals surface area (Å²) in [5, 5.41) is 0. The highest BCUT2D eigenvalue weighted by molar-refractivity contribution is 5.98. The molecule has 0 N–H and O–H groups in total. The largest absolute Gasteiger partial charge is 0.468 e. The maximum absolute atomic E-state index is 12.2. The molecule has 0 fully saturated rings. The molecule has 0 radical (unpaired) electrons. The first-order chi connectivity index (χ1) is 10.1. The van der Waals surface area contributed by atoms with Crippen LogP contribution in [0.4, 0.5) is 0 Å². The van der Waals surface area contributed by atoms with Gasteiger partial charge in [0.05, 0.1) is 12.5 Å². The van der Waals surface area contributed by atoms with Gasteiger partial charge in [0, 0.05) is 0 Å². The van der Waals surface area contributed by atoms with Crippen molar-refractivity contribution in [1.82, 2.24) is 0 Å². The second kappa shape index (κ2) is 6.40. The average molecular weight is 280 g/mol. The van der Waals surface area contributed by atoms with Gasteiger partial charge in [0.15, 0.2) is 0 Å². The summed E-state index contributed by atoms with van der Waals surface area (Å²) in [5.41, 5.74) is 2.32. The van der Waals surface area contributed by atoms with Crippen LogP contribution in [-0.4, -0.2) is 13.1 Å². The summed E-state index contributed by atoms with van der Waals surface area (Å²) in [5.74, 6) is -0.242. The first-order valence-corrected chi connectivity index (χ1v) is 6.97. The van der Waals surface area contributed by atoms with Crippen molar-refractivity contribution >= 4 is 17.6 Å². The Bertz CT molecular complexity index is 625. The Kier molecular flexibility index (Phi) is 4.59. The van der Waals surface area contributed by atoms with Gasteiger partial charge >= 0.3 is 5.97 Å². The molecule has 0 aliphatic rings. The minimum absolute atomic E-state index is 0.242. The summed E-state index contributed by atoms with van der Waals surface area (Å²) in [7, 11) is 1.43. The van der Waals surface area contributed by atoms with E-state index in [1.54, 1.807) is 0 Å². The highest BCUT2D eigenvalue weighted by Crippen LogP contribution is 2.37. The number of hydrogen-bond acceptors (Lipinski definition) is 2. The fourth-order valence-electron chi connectivity index (χ4n) is 2.32. The average Bonchev–Trinajstić information content (AvgIpc) is 2.53. The summed E-state index contributed by atoms with van der Waals surface area (Å²) < 4.78 is 4.98. The number of benzene rings is 2. The van der Waals surface area contributed by atoms with Gasteiger partial charge in [0.2, 0.25) is 0 Å². The van der Waals surface area contributed by atoms with Gasteiger partial charge in [-0.15, -0.1) is 0 Å². The standard InChI is InChI=1S/C19H20O2/c1-19(2,18(20)21-3)17(16-12-8-5-9-13-16)14-15-10-6-4-7-11-15/h4-14H,1-3H3/b17-14+. The Morgan fingerprint density at radius 2 is 1.48 bits per heavy atom. The molecule has 0 aliphatic heterocycles. The predicted molar refractivity (Wildman–Crippen MR) is 86.6 cm³/mol. The Morgan fingerprint density at radius 1 is 0.952 bits per heavy atom. The topological polar surface area (TPSA) is 26.3 Å². The molecule has 0 saturated heterocycles. The maximum Gasteiger partial charge on any atom is 0.315 e. The quantitative estimate of drug-likeness (QED) is 0.612. The van der Waals surface area contributed by atoms with Crippen LogP contribution in [0.25, 0.3) is 11.6 Å². The third kappa shape index (κ3) is 3.40. The van der Waals surface area contributed by atoms with Gasteiger partial charge in [-0.2, -0.15) is 0 Å². The normalized spacial score (nSPS) is 12.0. The number of esters is 1. The van der Waals surface area contributed by atoms with Crippen LogP contribution in [0, 0.1) is 5.41 Å². The smallest absolute Gasteiger partial charge is 0.315 e. The van der Waals surface area contributed by atoms with E-state index in [0.717, 1.165) is 16.7 Å². The molecule has 108 valence electrons. The van der Waals surface area contributed by atoms with Crippen molar-refractivity contribution < 1.29 is 9.53 Å². The maximum atomic E-state index is 12.2. The van der Waals surface area contributed by atoms with Crippen molar-refractivity contribution in [1.29, 1.82) is 0 Å². The summed E-state index contributed by atoms with van der Waals surface area (Å²) in [6.07, 6.45) is 2.05. The zero-order chi connectivity index (χ0) is 15.3. The molecule has 0 aromatic heterocycles. The fraction of sp³-hybridized carbons (Fsp3) is 0.211. The van der Waals surface area contributed by atoms with Gasteiger partial charge in [-0.3, -0.25) is 4.79 Å². The Balaban J connectivity index is 2.56. The summed E-state index contributed by atoms with van der Waals surface area (Å²) in [4.78, 5) is 12.2. The van der Waals surface area contributed by atoms with Crippen molar-refractivity contribution in [3.05, 3.63) is 71.8 Å². The van der Waals surface area contributed by atoms with Gasteiger partial charge in [-0.25, -0.2) is 0 Å². The first-order valence-electron chi connectivity index (χ1n) is 6.97. The van der Waals surface area contributed by atoms with Gasteiger partial charge in [-0.05, 0) is 30.5 Å². The lowest BCUT2D eigenvalue weighted by Gasteiger charge is -2.26. The van der Waals surface area contributed by atoms with Crippen LogP contribution in [-0.2, 0) is 9.53 Å². The lowest BCUT2D eigenvalue weighted by Crippen LogP contribution is -2.27. The third-order valence-electron chi connectivity index (χ3n) is 3.56. The lowest BCUT2D eigenvalue weighted by molar-refractivity contribution is -0.147. The molecular weight excluding hydrogens is 260 g/mol. The minimum Gasteiger partial charge on any atom is -0.468 e. The van der Waals surface area contributed by atoms with E-state index in [-0.39, 0.29) is 5.97 Å². The second-order valence-corrected chi connectivity index (χ2v) is 5.45. The van der Waals surface area contributed by atoms with Crippen LogP contribution >= 0.6 is 0 Å². The molecule has 0 heterocycles. The van der Waals surface area contributed by atoms with E-state index in [0.29, 0.717) is 0 Å². The molecule has 21 heavy (non-hydrogen) atoms. The zero-order valence-electron chi connectivity index (χ0n) is 12.7. The molecule has 0 amide bonds. The molecule has 2 aromatic rings. The molecule has 0 atom stereocenters. The summed E-state index contributed by atoms with van der Waals surface area (Å²) in [6.45, 7) is 3.78. The van der Waals surface area contributed by atoms with Gasteiger partial charge in [0.1, 0.15) is 0 Å². The summed E-state index contributed by atoms with van der Waals surface area (Å²) >= 11 is 0. The van der Waals surface area contributed by atoms with Crippen LogP contribution in [0.3, 0.4) is 0 Å². The van der Waals surface area contributed by atoms with Crippen LogP contribution < -0.4 is 0 Å². The second-order valence-electron chi connectivity index (χ2n) is 5.45. The molecule has 2 nitrogen and oxygen atoms in total. The van der Waals surface area contributed by atoms with E-state index in [2.05, 4.69) is 0 Å². The van der Waals surface area contributed by atoms with E-state index >= 15 is 0 Å². The van der Waals surface area contributed by atoms with Crippen molar-refractivity contribution in [3.63, 3.8) is 0 Å². The zero-order valence-corrected chi connectivity index (χ0v) is 12.7. The molecule has 2 aromatic carbocycles. The molecule has 0 saturated carbocycles. The van der Waals surface area contributed by atoms with Crippen LogP contribution in [0.2, 0.25) is 0 Å². The highest BCUT2D eigenvalue weighted by Gasteiger charge is 2.33. The molecular formula is C19H20O2. The number of methoxy groups -OCH3 is 1. The summed E-state index contributed by atoms with van der Waals surface area (Å²) in [6, 6.07) is 19.9. The van der Waals surface area contributed by atoms with E-state index in [9.17, 15) is 4.79 Å². The first kappa shape index (κ1) is 15.0. The molecule has 2 heteroatoms. The molecule has 0 unspecified atom stereocenters. The van der Waals surface area contributed by atoms with Crippen molar-refractivity contribution in [2.24, 2.45) is 5.41 Å². The number of hydrogen-bond donors (Lipinski definition) is 0. The number of ether oxygens (including phenoxy) is 1. The SMILES string of the molecule is COC(=O)C(C)(C)/C(=C/c1ccccc1)c1ccccc1. The third-order valence-corrected chi connectivity index (χ3v) is 3.56. The lowest BCUT2D eigenvalue weighted by atomic mass is 9.79. The molecule has 0 bridgehead atoms. The van der Waals surface area contributed by atoms with Crippen molar-refractivity contribution in [2.75, 3.05) is 7.11 Å². The van der Waals surface area contributed by atoms with Crippen molar-refractivity contribution in [3.8, 4) is 0 Å².